The lowest BCUT2D eigenvalue weighted by molar-refractivity contribution is 0.463. The molecule has 6 nitrogen and oxygen atoms in total. The zero-order valence-electron chi connectivity index (χ0n) is 11.6. The molecule has 1 rings (SSSR count). The van der Waals surface area contributed by atoms with E-state index in [9.17, 15) is 8.42 Å². The first kappa shape index (κ1) is 15.2. The van der Waals surface area contributed by atoms with Crippen LogP contribution in [0.3, 0.4) is 0 Å². The van der Waals surface area contributed by atoms with Crippen LogP contribution in [0.4, 0.5) is 0 Å². The lowest BCUT2D eigenvalue weighted by Crippen LogP contribution is -2.45. The minimum atomic E-state index is -3.06. The summed E-state index contributed by atoms with van der Waals surface area (Å²) in [5.74, 6) is 0.681. The first-order chi connectivity index (χ1) is 8.08. The third kappa shape index (κ3) is 5.22. The molecule has 0 radical (unpaired) electrons. The minimum absolute atomic E-state index is 0.109. The van der Waals surface area contributed by atoms with Crippen molar-refractivity contribution in [2.45, 2.75) is 32.7 Å². The van der Waals surface area contributed by atoms with Gasteiger partial charge in [0.2, 0.25) is 10.0 Å². The van der Waals surface area contributed by atoms with Gasteiger partial charge in [-0.05, 0) is 33.1 Å². The van der Waals surface area contributed by atoms with E-state index in [1.54, 1.807) is 0 Å². The molecule has 1 aliphatic heterocycles. The van der Waals surface area contributed by atoms with Crippen molar-refractivity contribution >= 4 is 16.0 Å². The Kier molecular flexibility index (Phi) is 4.61. The Bertz CT molecular complexity index is 411. The number of rotatable bonds is 3. The van der Waals surface area contributed by atoms with Gasteiger partial charge in [-0.1, -0.05) is 0 Å². The van der Waals surface area contributed by atoms with Crippen molar-refractivity contribution in [2.24, 2.45) is 16.6 Å². The highest BCUT2D eigenvalue weighted by Crippen LogP contribution is 2.18. The van der Waals surface area contributed by atoms with Crippen LogP contribution >= 0.6 is 0 Å². The van der Waals surface area contributed by atoms with Gasteiger partial charge < -0.3 is 11.1 Å². The standard InChI is InChI=1S/C11H24N4O2S/c1-11(2,3)14-10(12)13-7-9-5-6-15(8-9)18(4,16)17/h9H,5-8H2,1-4H3,(H3,12,13,14). The van der Waals surface area contributed by atoms with Crippen LogP contribution < -0.4 is 11.1 Å². The Balaban J connectivity index is 2.45. The van der Waals surface area contributed by atoms with Gasteiger partial charge in [0, 0.05) is 25.2 Å². The summed E-state index contributed by atoms with van der Waals surface area (Å²) in [6, 6.07) is 0. The quantitative estimate of drug-likeness (QED) is 0.560. The number of nitrogens with zero attached hydrogens (tertiary/aromatic N) is 2. The Morgan fingerprint density at radius 2 is 2.11 bits per heavy atom. The van der Waals surface area contributed by atoms with E-state index in [0.717, 1.165) is 6.42 Å². The molecule has 0 saturated carbocycles. The summed E-state index contributed by atoms with van der Waals surface area (Å²) in [4.78, 5) is 4.27. The normalized spacial score (nSPS) is 23.3. The van der Waals surface area contributed by atoms with Crippen molar-refractivity contribution in [3.8, 4) is 0 Å². The van der Waals surface area contributed by atoms with Gasteiger partial charge in [-0.15, -0.1) is 0 Å². The second kappa shape index (κ2) is 5.44. The van der Waals surface area contributed by atoms with Crippen LogP contribution in [0, 0.1) is 5.92 Å². The van der Waals surface area contributed by atoms with E-state index in [1.165, 1.54) is 10.6 Å². The molecule has 0 aliphatic carbocycles. The van der Waals surface area contributed by atoms with Crippen LogP contribution in [0.2, 0.25) is 0 Å². The summed E-state index contributed by atoms with van der Waals surface area (Å²) in [6.45, 7) is 7.74. The van der Waals surface area contributed by atoms with Gasteiger partial charge in [-0.2, -0.15) is 0 Å². The fourth-order valence-electron chi connectivity index (χ4n) is 1.90. The van der Waals surface area contributed by atoms with Gasteiger partial charge in [0.25, 0.3) is 0 Å². The highest BCUT2D eigenvalue weighted by molar-refractivity contribution is 7.88. The SMILES string of the molecule is CC(C)(C)NC(N)=NCC1CCN(S(C)(=O)=O)C1. The molecule has 0 aromatic heterocycles. The molecule has 0 bridgehead atoms. The third-order valence-corrected chi connectivity index (χ3v) is 4.01. The first-order valence-electron chi connectivity index (χ1n) is 6.11. The van der Waals surface area contributed by atoms with Gasteiger partial charge in [0.15, 0.2) is 5.96 Å². The molecule has 3 N–H and O–H groups in total. The number of nitrogens with two attached hydrogens (primary N) is 1. The van der Waals surface area contributed by atoms with Gasteiger partial charge in [0.05, 0.1) is 6.26 Å². The molecular formula is C11H24N4O2S. The highest BCUT2D eigenvalue weighted by Gasteiger charge is 2.28. The van der Waals surface area contributed by atoms with E-state index in [1.807, 2.05) is 20.8 Å². The van der Waals surface area contributed by atoms with E-state index in [4.69, 9.17) is 5.73 Å². The molecule has 18 heavy (non-hydrogen) atoms. The van der Waals surface area contributed by atoms with Crippen LogP contribution in [-0.4, -0.2) is 50.1 Å². The second-order valence-corrected chi connectivity index (χ2v) is 7.86. The zero-order chi connectivity index (χ0) is 14.0. The predicted molar refractivity (Wildman–Crippen MR) is 73.9 cm³/mol. The average molecular weight is 276 g/mol. The Hall–Kier alpha value is -0.820. The lowest BCUT2D eigenvalue weighted by atomic mass is 10.1. The van der Waals surface area contributed by atoms with Crippen LogP contribution in [-0.2, 0) is 10.0 Å². The van der Waals surface area contributed by atoms with Gasteiger partial charge in [0.1, 0.15) is 0 Å². The van der Waals surface area contributed by atoms with E-state index in [2.05, 4.69) is 10.3 Å². The maximum absolute atomic E-state index is 11.4. The van der Waals surface area contributed by atoms with E-state index < -0.39 is 10.0 Å². The molecular weight excluding hydrogens is 252 g/mol. The second-order valence-electron chi connectivity index (χ2n) is 5.88. The summed E-state index contributed by atoms with van der Waals surface area (Å²) in [7, 11) is -3.06. The number of nitrogens with one attached hydrogen (secondary N) is 1. The van der Waals surface area contributed by atoms with Crippen molar-refractivity contribution < 1.29 is 8.42 Å². The first-order valence-corrected chi connectivity index (χ1v) is 7.96. The summed E-state index contributed by atoms with van der Waals surface area (Å²) in [5.41, 5.74) is 5.66. The molecule has 0 amide bonds. The molecule has 1 heterocycles. The molecule has 1 unspecified atom stereocenters. The molecule has 0 aromatic carbocycles. The molecule has 106 valence electrons. The molecule has 1 atom stereocenters. The fourth-order valence-corrected chi connectivity index (χ4v) is 2.82. The van der Waals surface area contributed by atoms with Gasteiger partial charge in [-0.25, -0.2) is 12.7 Å². The molecule has 0 spiro atoms. The van der Waals surface area contributed by atoms with E-state index in [-0.39, 0.29) is 11.5 Å². The fraction of sp³-hybridized carbons (Fsp3) is 0.909. The summed E-state index contributed by atoms with van der Waals surface area (Å²) in [6.07, 6.45) is 2.09. The minimum Gasteiger partial charge on any atom is -0.370 e. The van der Waals surface area contributed by atoms with Crippen LogP contribution in [0.25, 0.3) is 0 Å². The van der Waals surface area contributed by atoms with Gasteiger partial charge >= 0.3 is 0 Å². The lowest BCUT2D eigenvalue weighted by Gasteiger charge is -2.21. The van der Waals surface area contributed by atoms with Crippen molar-refractivity contribution in [2.75, 3.05) is 25.9 Å². The number of hydrogen-bond acceptors (Lipinski definition) is 3. The topological polar surface area (TPSA) is 87.8 Å². The number of hydrogen-bond donors (Lipinski definition) is 2. The summed E-state index contributed by atoms with van der Waals surface area (Å²) in [5, 5.41) is 3.08. The van der Waals surface area contributed by atoms with E-state index in [0.29, 0.717) is 25.6 Å². The van der Waals surface area contributed by atoms with Crippen LogP contribution in [0.1, 0.15) is 27.2 Å². The number of aliphatic imine (C=N–C) groups is 1. The van der Waals surface area contributed by atoms with Gasteiger partial charge in [-0.3, -0.25) is 4.99 Å². The largest absolute Gasteiger partial charge is 0.370 e. The van der Waals surface area contributed by atoms with E-state index >= 15 is 0 Å². The predicted octanol–water partition coefficient (Wildman–Crippen LogP) is -0.0293. The molecule has 1 saturated heterocycles. The highest BCUT2D eigenvalue weighted by atomic mass is 32.2. The summed E-state index contributed by atoms with van der Waals surface area (Å²) >= 11 is 0. The van der Waals surface area contributed by atoms with Crippen molar-refractivity contribution in [1.82, 2.24) is 9.62 Å². The Morgan fingerprint density at radius 1 is 1.50 bits per heavy atom. The zero-order valence-corrected chi connectivity index (χ0v) is 12.4. The monoisotopic (exact) mass is 276 g/mol. The average Bonchev–Trinajstić information content (AvgIpc) is 2.59. The smallest absolute Gasteiger partial charge is 0.211 e. The third-order valence-electron chi connectivity index (χ3n) is 2.74. The molecule has 0 aromatic rings. The molecule has 1 fully saturated rings. The van der Waals surface area contributed by atoms with Crippen LogP contribution in [0.5, 0.6) is 0 Å². The van der Waals surface area contributed by atoms with Crippen molar-refractivity contribution in [3.05, 3.63) is 0 Å². The van der Waals surface area contributed by atoms with Crippen molar-refractivity contribution in [1.29, 1.82) is 0 Å². The number of guanidine groups is 1. The van der Waals surface area contributed by atoms with Crippen molar-refractivity contribution in [3.63, 3.8) is 0 Å². The molecule has 7 heteroatoms. The number of sulfonamides is 1. The molecule has 1 aliphatic rings. The maximum atomic E-state index is 11.4. The summed E-state index contributed by atoms with van der Waals surface area (Å²) < 4.78 is 24.2. The maximum Gasteiger partial charge on any atom is 0.211 e. The van der Waals surface area contributed by atoms with Crippen LogP contribution in [0.15, 0.2) is 4.99 Å². The Labute approximate surface area is 110 Å². The Morgan fingerprint density at radius 3 is 2.56 bits per heavy atom.